The summed E-state index contributed by atoms with van der Waals surface area (Å²) in [4.78, 5) is 11.4. The highest BCUT2D eigenvalue weighted by atomic mass is 32.2. The largest absolute Gasteiger partial charge is 0.469 e. The van der Waals surface area contributed by atoms with Crippen LogP contribution in [-0.4, -0.2) is 56.1 Å². The van der Waals surface area contributed by atoms with Crippen LogP contribution in [0.15, 0.2) is 0 Å². The van der Waals surface area contributed by atoms with Gasteiger partial charge in [-0.3, -0.25) is 4.79 Å². The molecule has 0 bridgehead atoms. The third-order valence-corrected chi connectivity index (χ3v) is 6.00. The van der Waals surface area contributed by atoms with E-state index in [1.165, 1.54) is 11.4 Å². The fourth-order valence-corrected chi connectivity index (χ4v) is 4.51. The second-order valence-corrected chi connectivity index (χ2v) is 7.48. The molecule has 0 aromatic heterocycles. The molecule has 1 saturated heterocycles. The van der Waals surface area contributed by atoms with Gasteiger partial charge in [0.15, 0.2) is 0 Å². The van der Waals surface area contributed by atoms with E-state index in [0.717, 1.165) is 12.8 Å². The van der Waals surface area contributed by atoms with Gasteiger partial charge in [0.2, 0.25) is 0 Å². The smallest absolute Gasteiger partial charge is 0.308 e. The number of carbonyl (C=O) groups is 1. The Morgan fingerprint density at radius 3 is 2.38 bits per heavy atom. The van der Waals surface area contributed by atoms with Crippen molar-refractivity contribution in [3.05, 3.63) is 0 Å². The Morgan fingerprint density at radius 2 is 1.81 bits per heavy atom. The molecular weight excluding hydrogens is 296 g/mol. The van der Waals surface area contributed by atoms with Crippen LogP contribution in [-0.2, 0) is 19.7 Å². The molecule has 1 heterocycles. The lowest BCUT2D eigenvalue weighted by Crippen LogP contribution is -2.52. The highest BCUT2D eigenvalue weighted by Gasteiger charge is 2.34. The summed E-state index contributed by atoms with van der Waals surface area (Å²) >= 11 is 0. The Balaban J connectivity index is 1.90. The molecule has 0 aromatic carbocycles. The summed E-state index contributed by atoms with van der Waals surface area (Å²) in [6, 6.07) is -0.401. The third-order valence-electron chi connectivity index (χ3n) is 4.36. The maximum Gasteiger partial charge on any atom is 0.308 e. The molecule has 21 heavy (non-hydrogen) atoms. The number of ether oxygens (including phenoxy) is 1. The quantitative estimate of drug-likeness (QED) is 0.711. The van der Waals surface area contributed by atoms with Crippen molar-refractivity contribution in [1.29, 1.82) is 0 Å². The summed E-state index contributed by atoms with van der Waals surface area (Å²) in [6.07, 6.45) is 3.50. The number of esters is 1. The van der Waals surface area contributed by atoms with E-state index in [0.29, 0.717) is 38.8 Å². The molecule has 2 N–H and O–H groups in total. The van der Waals surface area contributed by atoms with Crippen molar-refractivity contribution in [2.24, 2.45) is 5.92 Å². The maximum absolute atomic E-state index is 12.3. The van der Waals surface area contributed by atoms with Crippen LogP contribution in [0.1, 0.15) is 38.5 Å². The Labute approximate surface area is 125 Å². The summed E-state index contributed by atoms with van der Waals surface area (Å²) in [7, 11) is -2.26. The Bertz CT molecular complexity index is 459. The summed E-state index contributed by atoms with van der Waals surface area (Å²) in [6.45, 7) is 0.607. The van der Waals surface area contributed by atoms with E-state index in [4.69, 9.17) is 4.74 Å². The first-order valence-electron chi connectivity index (χ1n) is 7.47. The fraction of sp³-hybridized carbons (Fsp3) is 0.923. The second-order valence-electron chi connectivity index (χ2n) is 5.78. The number of carbonyl (C=O) groups excluding carboxylic acids is 1. The molecule has 0 radical (unpaired) electrons. The van der Waals surface area contributed by atoms with Gasteiger partial charge in [0, 0.05) is 19.1 Å². The zero-order valence-corrected chi connectivity index (χ0v) is 13.1. The molecule has 0 unspecified atom stereocenters. The SMILES string of the molecule is COC(=O)C1CCN(S(=O)(=O)N[C@@H]2CCCC[C@H]2O)CC1. The molecule has 2 fully saturated rings. The van der Waals surface area contributed by atoms with E-state index in [1.807, 2.05) is 0 Å². The van der Waals surface area contributed by atoms with Crippen LogP contribution >= 0.6 is 0 Å². The number of hydrogen-bond donors (Lipinski definition) is 2. The van der Waals surface area contributed by atoms with Gasteiger partial charge in [-0.05, 0) is 25.7 Å². The highest BCUT2D eigenvalue weighted by molar-refractivity contribution is 7.87. The first-order valence-corrected chi connectivity index (χ1v) is 8.91. The molecule has 1 aliphatic carbocycles. The van der Waals surface area contributed by atoms with Crippen molar-refractivity contribution >= 4 is 16.2 Å². The van der Waals surface area contributed by atoms with E-state index in [2.05, 4.69) is 4.72 Å². The average Bonchev–Trinajstić information content (AvgIpc) is 2.49. The molecule has 0 amide bonds. The molecule has 0 spiro atoms. The molecule has 1 aliphatic heterocycles. The predicted octanol–water partition coefficient (Wildman–Crippen LogP) is 0.00930. The van der Waals surface area contributed by atoms with Crippen molar-refractivity contribution in [3.8, 4) is 0 Å². The topological polar surface area (TPSA) is 95.9 Å². The van der Waals surface area contributed by atoms with Crippen molar-refractivity contribution in [3.63, 3.8) is 0 Å². The first kappa shape index (κ1) is 16.7. The summed E-state index contributed by atoms with van der Waals surface area (Å²) in [5.74, 6) is -0.496. The number of piperidine rings is 1. The van der Waals surface area contributed by atoms with E-state index in [9.17, 15) is 18.3 Å². The molecule has 0 aromatic rings. The van der Waals surface area contributed by atoms with Crippen molar-refractivity contribution < 1.29 is 23.1 Å². The van der Waals surface area contributed by atoms with E-state index in [-0.39, 0.29) is 11.9 Å². The van der Waals surface area contributed by atoms with Crippen LogP contribution in [0.5, 0.6) is 0 Å². The minimum Gasteiger partial charge on any atom is -0.469 e. The fourth-order valence-electron chi connectivity index (χ4n) is 3.01. The molecule has 2 rings (SSSR count). The number of nitrogens with one attached hydrogen (secondary N) is 1. The van der Waals surface area contributed by atoms with Gasteiger partial charge in [-0.15, -0.1) is 0 Å². The lowest BCUT2D eigenvalue weighted by Gasteiger charge is -2.33. The van der Waals surface area contributed by atoms with E-state index >= 15 is 0 Å². The van der Waals surface area contributed by atoms with Gasteiger partial charge in [-0.1, -0.05) is 12.8 Å². The van der Waals surface area contributed by atoms with Crippen LogP contribution in [0.4, 0.5) is 0 Å². The van der Waals surface area contributed by atoms with Crippen molar-refractivity contribution in [2.75, 3.05) is 20.2 Å². The van der Waals surface area contributed by atoms with Gasteiger partial charge < -0.3 is 9.84 Å². The average molecular weight is 320 g/mol. The number of aliphatic hydroxyl groups is 1. The summed E-state index contributed by atoms with van der Waals surface area (Å²) in [5.41, 5.74) is 0. The molecule has 2 aliphatic rings. The third kappa shape index (κ3) is 4.15. The Morgan fingerprint density at radius 1 is 1.19 bits per heavy atom. The van der Waals surface area contributed by atoms with Crippen molar-refractivity contribution in [2.45, 2.75) is 50.7 Å². The van der Waals surface area contributed by atoms with Crippen molar-refractivity contribution in [1.82, 2.24) is 9.03 Å². The lowest BCUT2D eigenvalue weighted by molar-refractivity contribution is -0.146. The normalized spacial score (nSPS) is 29.2. The second kappa shape index (κ2) is 7.04. The molecule has 1 saturated carbocycles. The highest BCUT2D eigenvalue weighted by Crippen LogP contribution is 2.23. The molecule has 7 nitrogen and oxygen atoms in total. The molecule has 122 valence electrons. The van der Waals surface area contributed by atoms with Gasteiger partial charge >= 0.3 is 5.97 Å². The number of rotatable bonds is 4. The zero-order valence-electron chi connectivity index (χ0n) is 12.3. The van der Waals surface area contributed by atoms with Crippen LogP contribution in [0.2, 0.25) is 0 Å². The Hall–Kier alpha value is -0.700. The predicted molar refractivity (Wildman–Crippen MR) is 76.6 cm³/mol. The minimum absolute atomic E-state index is 0.221. The lowest BCUT2D eigenvalue weighted by atomic mass is 9.93. The Kier molecular flexibility index (Phi) is 5.59. The molecular formula is C13H24N2O5S. The number of nitrogens with zero attached hydrogens (tertiary/aromatic N) is 1. The van der Waals surface area contributed by atoms with E-state index in [1.54, 1.807) is 0 Å². The van der Waals surface area contributed by atoms with Gasteiger partial charge in [-0.25, -0.2) is 0 Å². The van der Waals surface area contributed by atoms with Gasteiger partial charge in [0.1, 0.15) is 0 Å². The molecule has 2 atom stereocenters. The van der Waals surface area contributed by atoms with Crippen LogP contribution < -0.4 is 4.72 Å². The summed E-state index contributed by atoms with van der Waals surface area (Å²) < 4.78 is 33.3. The monoisotopic (exact) mass is 320 g/mol. The molecule has 8 heteroatoms. The minimum atomic E-state index is -3.60. The van der Waals surface area contributed by atoms with Gasteiger partial charge in [0.25, 0.3) is 10.2 Å². The van der Waals surface area contributed by atoms with Gasteiger partial charge in [-0.2, -0.15) is 17.4 Å². The number of methoxy groups -OCH3 is 1. The number of aliphatic hydroxyl groups excluding tert-OH is 1. The zero-order chi connectivity index (χ0) is 15.5. The standard InChI is InChI=1S/C13H24N2O5S/c1-20-13(17)10-6-8-15(9-7-10)21(18,19)14-11-4-2-3-5-12(11)16/h10-12,14,16H,2-9H2,1H3/t11-,12-/m1/s1. The van der Waals surface area contributed by atoms with Gasteiger partial charge in [0.05, 0.1) is 19.1 Å². The number of hydrogen-bond acceptors (Lipinski definition) is 5. The first-order chi connectivity index (χ1) is 9.94. The van der Waals surface area contributed by atoms with Crippen LogP contribution in [0.3, 0.4) is 0 Å². The van der Waals surface area contributed by atoms with E-state index < -0.39 is 22.4 Å². The maximum atomic E-state index is 12.3. The summed E-state index contributed by atoms with van der Waals surface area (Å²) in [5, 5.41) is 9.87. The van der Waals surface area contributed by atoms with Crippen LogP contribution in [0.25, 0.3) is 0 Å². The van der Waals surface area contributed by atoms with Crippen LogP contribution in [0, 0.1) is 5.92 Å².